The first-order valence-electron chi connectivity index (χ1n) is 6.96. The maximum Gasteiger partial charge on any atom is 0.317 e. The lowest BCUT2D eigenvalue weighted by Gasteiger charge is -2.35. The van der Waals surface area contributed by atoms with E-state index in [2.05, 4.69) is 26.1 Å². The maximum atomic E-state index is 12.0. The number of piperidine rings is 1. The molecule has 0 aromatic carbocycles. The summed E-state index contributed by atoms with van der Waals surface area (Å²) >= 11 is 0. The Balaban J connectivity index is 2.37. The number of aliphatic carboxylic acids is 1. The van der Waals surface area contributed by atoms with Gasteiger partial charge in [-0.25, -0.2) is 4.79 Å². The third kappa shape index (κ3) is 5.09. The highest BCUT2D eigenvalue weighted by Gasteiger charge is 2.32. The topological polar surface area (TPSA) is 69.6 Å². The molecule has 0 saturated carbocycles. The monoisotopic (exact) mass is 270 g/mol. The Morgan fingerprint density at radius 1 is 1.37 bits per heavy atom. The molecule has 0 spiro atoms. The molecule has 0 aromatic rings. The van der Waals surface area contributed by atoms with Gasteiger partial charge in [0.2, 0.25) is 0 Å². The van der Waals surface area contributed by atoms with Crippen LogP contribution in [-0.2, 0) is 4.79 Å². The first-order chi connectivity index (χ1) is 8.70. The quantitative estimate of drug-likeness (QED) is 0.825. The van der Waals surface area contributed by atoms with Gasteiger partial charge in [-0.15, -0.1) is 0 Å². The van der Waals surface area contributed by atoms with Crippen molar-refractivity contribution in [3.8, 4) is 0 Å². The summed E-state index contributed by atoms with van der Waals surface area (Å²) in [6, 6.07) is -0.0695. The molecule has 1 rings (SSSR count). The molecule has 1 fully saturated rings. The van der Waals surface area contributed by atoms with E-state index in [0.29, 0.717) is 26.1 Å². The smallest absolute Gasteiger partial charge is 0.317 e. The van der Waals surface area contributed by atoms with E-state index in [9.17, 15) is 9.59 Å². The number of hydrogen-bond acceptors (Lipinski definition) is 2. The molecular formula is C14H26N2O3. The normalized spacial score (nSPS) is 24.1. The molecule has 2 amide bonds. The Hall–Kier alpha value is -1.26. The number of hydrogen-bond donors (Lipinski definition) is 2. The molecular weight excluding hydrogens is 244 g/mol. The summed E-state index contributed by atoms with van der Waals surface area (Å²) < 4.78 is 0. The van der Waals surface area contributed by atoms with Gasteiger partial charge in [-0.1, -0.05) is 27.7 Å². The van der Waals surface area contributed by atoms with E-state index in [4.69, 9.17) is 5.11 Å². The van der Waals surface area contributed by atoms with Crippen molar-refractivity contribution in [2.75, 3.05) is 19.6 Å². The number of carboxylic acids is 1. The van der Waals surface area contributed by atoms with Gasteiger partial charge in [0, 0.05) is 19.6 Å². The minimum Gasteiger partial charge on any atom is -0.481 e. The number of nitrogens with one attached hydrogen (secondary N) is 1. The van der Waals surface area contributed by atoms with Crippen LogP contribution in [0.3, 0.4) is 0 Å². The molecule has 5 heteroatoms. The SMILES string of the molecule is CC1CN(C(=O)NCCC(C)(C)C)CCC1C(=O)O. The molecule has 5 nitrogen and oxygen atoms in total. The van der Waals surface area contributed by atoms with E-state index < -0.39 is 5.97 Å². The zero-order chi connectivity index (χ0) is 14.6. The molecule has 2 atom stereocenters. The van der Waals surface area contributed by atoms with Crippen LogP contribution in [0.25, 0.3) is 0 Å². The standard InChI is InChI=1S/C14H26N2O3/c1-10-9-16(8-5-11(10)12(17)18)13(19)15-7-6-14(2,3)4/h10-11H,5-9H2,1-4H3,(H,15,19)(H,17,18). The number of amides is 2. The van der Waals surface area contributed by atoms with E-state index in [1.807, 2.05) is 6.92 Å². The van der Waals surface area contributed by atoms with Gasteiger partial charge < -0.3 is 15.3 Å². The summed E-state index contributed by atoms with van der Waals surface area (Å²) in [7, 11) is 0. The van der Waals surface area contributed by atoms with Gasteiger partial charge in [-0.3, -0.25) is 4.79 Å². The second-order valence-electron chi connectivity index (χ2n) is 6.70. The van der Waals surface area contributed by atoms with Crippen molar-refractivity contribution in [3.63, 3.8) is 0 Å². The van der Waals surface area contributed by atoms with Gasteiger partial charge in [-0.05, 0) is 24.2 Å². The van der Waals surface area contributed by atoms with Gasteiger partial charge >= 0.3 is 12.0 Å². The van der Waals surface area contributed by atoms with Gasteiger partial charge in [0.15, 0.2) is 0 Å². The summed E-state index contributed by atoms with van der Waals surface area (Å²) in [6.45, 7) is 10.0. The molecule has 1 saturated heterocycles. The van der Waals surface area contributed by atoms with Crippen molar-refractivity contribution in [1.29, 1.82) is 0 Å². The average Bonchev–Trinajstić information content (AvgIpc) is 2.26. The van der Waals surface area contributed by atoms with Crippen LogP contribution in [-0.4, -0.2) is 41.6 Å². The largest absolute Gasteiger partial charge is 0.481 e. The van der Waals surface area contributed by atoms with Crippen molar-refractivity contribution in [1.82, 2.24) is 10.2 Å². The molecule has 2 N–H and O–H groups in total. The minimum absolute atomic E-state index is 0.0135. The van der Waals surface area contributed by atoms with Gasteiger partial charge in [0.25, 0.3) is 0 Å². The van der Waals surface area contributed by atoms with Gasteiger partial charge in [-0.2, -0.15) is 0 Å². The van der Waals surface area contributed by atoms with Gasteiger partial charge in [0.1, 0.15) is 0 Å². The van der Waals surface area contributed by atoms with Crippen molar-refractivity contribution in [2.24, 2.45) is 17.3 Å². The molecule has 1 aliphatic rings. The molecule has 19 heavy (non-hydrogen) atoms. The van der Waals surface area contributed by atoms with E-state index >= 15 is 0 Å². The Morgan fingerprint density at radius 2 is 2.00 bits per heavy atom. The molecule has 0 radical (unpaired) electrons. The van der Waals surface area contributed by atoms with Gasteiger partial charge in [0.05, 0.1) is 5.92 Å². The zero-order valence-electron chi connectivity index (χ0n) is 12.4. The van der Waals surface area contributed by atoms with Crippen LogP contribution in [0.4, 0.5) is 4.79 Å². The highest BCUT2D eigenvalue weighted by molar-refractivity contribution is 5.75. The van der Waals surface area contributed by atoms with Crippen molar-refractivity contribution < 1.29 is 14.7 Å². The Morgan fingerprint density at radius 3 is 2.47 bits per heavy atom. The van der Waals surface area contributed by atoms with Crippen molar-refractivity contribution >= 4 is 12.0 Å². The van der Waals surface area contributed by atoms with Crippen LogP contribution < -0.4 is 5.32 Å². The lowest BCUT2D eigenvalue weighted by Crippen LogP contribution is -2.49. The second kappa shape index (κ2) is 6.26. The Bertz CT molecular complexity index is 336. The highest BCUT2D eigenvalue weighted by Crippen LogP contribution is 2.23. The van der Waals surface area contributed by atoms with E-state index in [-0.39, 0.29) is 23.3 Å². The Labute approximate surface area is 115 Å². The van der Waals surface area contributed by atoms with Crippen LogP contribution in [0.1, 0.15) is 40.5 Å². The minimum atomic E-state index is -0.750. The molecule has 0 bridgehead atoms. The number of likely N-dealkylation sites (tertiary alicyclic amines) is 1. The lowest BCUT2D eigenvalue weighted by atomic mass is 9.87. The predicted molar refractivity (Wildman–Crippen MR) is 74.0 cm³/mol. The third-order valence-electron chi connectivity index (χ3n) is 3.66. The molecule has 1 aliphatic heterocycles. The first-order valence-corrected chi connectivity index (χ1v) is 6.96. The summed E-state index contributed by atoms with van der Waals surface area (Å²) in [6.07, 6.45) is 1.48. The summed E-state index contributed by atoms with van der Waals surface area (Å²) in [5, 5.41) is 12.0. The molecule has 0 aliphatic carbocycles. The number of rotatable bonds is 3. The van der Waals surface area contributed by atoms with Crippen LogP contribution in [0.5, 0.6) is 0 Å². The van der Waals surface area contributed by atoms with Crippen molar-refractivity contribution in [3.05, 3.63) is 0 Å². The highest BCUT2D eigenvalue weighted by atomic mass is 16.4. The number of nitrogens with zero attached hydrogens (tertiary/aromatic N) is 1. The van der Waals surface area contributed by atoms with E-state index in [0.717, 1.165) is 6.42 Å². The molecule has 1 heterocycles. The summed E-state index contributed by atoms with van der Waals surface area (Å²) in [4.78, 5) is 24.7. The molecule has 2 unspecified atom stereocenters. The lowest BCUT2D eigenvalue weighted by molar-refractivity contribution is -0.145. The Kier molecular flexibility index (Phi) is 5.20. The van der Waals surface area contributed by atoms with Crippen LogP contribution in [0, 0.1) is 17.3 Å². The fourth-order valence-corrected chi connectivity index (χ4v) is 2.35. The maximum absolute atomic E-state index is 12.0. The zero-order valence-corrected chi connectivity index (χ0v) is 12.4. The number of carbonyl (C=O) groups is 2. The fourth-order valence-electron chi connectivity index (χ4n) is 2.35. The van der Waals surface area contributed by atoms with Crippen LogP contribution in [0.2, 0.25) is 0 Å². The van der Waals surface area contributed by atoms with Crippen molar-refractivity contribution in [2.45, 2.75) is 40.5 Å². The number of carbonyl (C=O) groups excluding carboxylic acids is 1. The van der Waals surface area contributed by atoms with E-state index in [1.165, 1.54) is 0 Å². The second-order valence-corrected chi connectivity index (χ2v) is 6.70. The van der Waals surface area contributed by atoms with Crippen LogP contribution >= 0.6 is 0 Å². The summed E-state index contributed by atoms with van der Waals surface area (Å²) in [5.74, 6) is -1.06. The number of urea groups is 1. The van der Waals surface area contributed by atoms with Crippen LogP contribution in [0.15, 0.2) is 0 Å². The summed E-state index contributed by atoms with van der Waals surface area (Å²) in [5.41, 5.74) is 0.205. The average molecular weight is 270 g/mol. The molecule has 110 valence electrons. The van der Waals surface area contributed by atoms with E-state index in [1.54, 1.807) is 4.90 Å². The predicted octanol–water partition coefficient (Wildman–Crippen LogP) is 2.17. The first kappa shape index (κ1) is 15.8. The fraction of sp³-hybridized carbons (Fsp3) is 0.857. The molecule has 0 aromatic heterocycles. The number of carboxylic acid groups (broad SMARTS) is 1. The third-order valence-corrected chi connectivity index (χ3v) is 3.66.